The van der Waals surface area contributed by atoms with Gasteiger partial charge < -0.3 is 19.9 Å². The first-order valence-corrected chi connectivity index (χ1v) is 9.70. The number of nitrogens with two attached hydrogens (primary N) is 1. The molecule has 1 aromatic carbocycles. The van der Waals surface area contributed by atoms with Gasteiger partial charge in [-0.1, -0.05) is 6.58 Å². The Labute approximate surface area is 167 Å². The van der Waals surface area contributed by atoms with Crippen molar-refractivity contribution in [2.75, 3.05) is 50.7 Å². The zero-order valence-electron chi connectivity index (χ0n) is 17.4. The number of nitrogens with zero attached hydrogens (tertiary/aromatic N) is 4. The van der Waals surface area contributed by atoms with E-state index in [-0.39, 0.29) is 12.3 Å². The quantitative estimate of drug-likeness (QED) is 0.398. The minimum atomic E-state index is -0.492. The van der Waals surface area contributed by atoms with Crippen LogP contribution in [-0.2, 0) is 9.53 Å². The van der Waals surface area contributed by atoms with Crippen LogP contribution >= 0.6 is 0 Å². The zero-order chi connectivity index (χ0) is 20.5. The van der Waals surface area contributed by atoms with Gasteiger partial charge >= 0.3 is 5.97 Å². The van der Waals surface area contributed by atoms with Crippen molar-refractivity contribution in [1.82, 2.24) is 4.90 Å². The number of hydrazone groups is 1. The number of carbonyl (C=O) groups excluding carboxylic acids is 1. The lowest BCUT2D eigenvalue weighted by Gasteiger charge is -2.21. The van der Waals surface area contributed by atoms with Gasteiger partial charge in [-0.25, -0.2) is 4.79 Å². The number of ether oxygens (including phenoxy) is 1. The summed E-state index contributed by atoms with van der Waals surface area (Å²) in [6, 6.07) is 8.21. The molecule has 0 atom stereocenters. The average molecular weight is 387 g/mol. The molecule has 1 aromatic rings. The SMILES string of the molecule is C=C(/C(=N/N(C)c1ccc(N2CCCC2)cc1)C(=O)OCC)N(C)/C=C\[NH2+]C. The summed E-state index contributed by atoms with van der Waals surface area (Å²) in [5, 5.41) is 8.08. The van der Waals surface area contributed by atoms with Crippen molar-refractivity contribution in [2.45, 2.75) is 19.8 Å². The summed E-state index contributed by atoms with van der Waals surface area (Å²) in [6.45, 7) is 8.28. The first kappa shape index (κ1) is 21.5. The van der Waals surface area contributed by atoms with E-state index in [2.05, 4.69) is 28.7 Å². The molecule has 1 aliphatic heterocycles. The van der Waals surface area contributed by atoms with Gasteiger partial charge in [0.15, 0.2) is 5.71 Å². The van der Waals surface area contributed by atoms with Gasteiger partial charge in [-0.15, -0.1) is 0 Å². The van der Waals surface area contributed by atoms with Gasteiger partial charge in [0.25, 0.3) is 0 Å². The lowest BCUT2D eigenvalue weighted by Crippen LogP contribution is -2.72. The molecule has 1 heterocycles. The Morgan fingerprint density at radius 2 is 1.93 bits per heavy atom. The second kappa shape index (κ2) is 10.5. The van der Waals surface area contributed by atoms with Crippen LogP contribution in [0.1, 0.15) is 19.8 Å². The van der Waals surface area contributed by atoms with E-state index < -0.39 is 5.97 Å². The Balaban J connectivity index is 2.22. The van der Waals surface area contributed by atoms with Gasteiger partial charge in [0.1, 0.15) is 6.20 Å². The molecular formula is C21H32N5O2+. The van der Waals surface area contributed by atoms with Crippen LogP contribution in [0.3, 0.4) is 0 Å². The van der Waals surface area contributed by atoms with Crippen LogP contribution in [0, 0.1) is 0 Å². The molecule has 1 aliphatic rings. The molecular weight excluding hydrogens is 354 g/mol. The standard InChI is InChI=1S/C21H31N5O2/c1-6-28-21(27)20(17(2)24(4)16-13-22-3)23-25(5)18-9-11-19(12-10-18)26-14-7-8-15-26/h9-13,16,22H,2,6-8,14-15H2,1,3-5H3/p+1/b16-13-,23-20-. The lowest BCUT2D eigenvalue weighted by atomic mass is 10.2. The molecule has 0 aromatic heterocycles. The number of benzene rings is 1. The smallest absolute Gasteiger partial charge is 0.360 e. The second-order valence-corrected chi connectivity index (χ2v) is 6.64. The molecule has 7 heteroatoms. The molecule has 0 amide bonds. The van der Waals surface area contributed by atoms with Crippen molar-refractivity contribution in [2.24, 2.45) is 5.10 Å². The van der Waals surface area contributed by atoms with Crippen molar-refractivity contribution in [3.8, 4) is 0 Å². The first-order valence-electron chi connectivity index (χ1n) is 9.70. The maximum atomic E-state index is 12.5. The second-order valence-electron chi connectivity index (χ2n) is 6.64. The van der Waals surface area contributed by atoms with E-state index in [9.17, 15) is 4.79 Å². The fourth-order valence-corrected chi connectivity index (χ4v) is 2.95. The van der Waals surface area contributed by atoms with Crippen molar-refractivity contribution in [3.63, 3.8) is 0 Å². The number of hydrogen-bond donors (Lipinski definition) is 1. The molecule has 28 heavy (non-hydrogen) atoms. The molecule has 0 unspecified atom stereocenters. The largest absolute Gasteiger partial charge is 0.461 e. The predicted octanol–water partition coefficient (Wildman–Crippen LogP) is 1.75. The van der Waals surface area contributed by atoms with E-state index in [4.69, 9.17) is 4.74 Å². The number of hydrogen-bond acceptors (Lipinski definition) is 6. The average Bonchev–Trinajstić information content (AvgIpc) is 3.24. The summed E-state index contributed by atoms with van der Waals surface area (Å²) in [4.78, 5) is 16.6. The minimum absolute atomic E-state index is 0.177. The lowest BCUT2D eigenvalue weighted by molar-refractivity contribution is -0.557. The molecule has 1 saturated heterocycles. The Morgan fingerprint density at radius 1 is 1.29 bits per heavy atom. The molecule has 0 spiro atoms. The van der Waals surface area contributed by atoms with Crippen molar-refractivity contribution >= 4 is 23.1 Å². The van der Waals surface area contributed by atoms with Gasteiger partial charge in [-0.05, 0) is 44.0 Å². The van der Waals surface area contributed by atoms with Gasteiger partial charge in [-0.3, -0.25) is 5.01 Å². The van der Waals surface area contributed by atoms with E-state index in [0.717, 1.165) is 18.8 Å². The Morgan fingerprint density at radius 3 is 2.50 bits per heavy atom. The van der Waals surface area contributed by atoms with Crippen molar-refractivity contribution in [1.29, 1.82) is 0 Å². The monoisotopic (exact) mass is 386 g/mol. The van der Waals surface area contributed by atoms with Crippen LogP contribution in [0.15, 0.2) is 54.0 Å². The van der Waals surface area contributed by atoms with Crippen molar-refractivity contribution < 1.29 is 14.8 Å². The predicted molar refractivity (Wildman–Crippen MR) is 114 cm³/mol. The normalized spacial score (nSPS) is 14.4. The van der Waals surface area contributed by atoms with Crippen LogP contribution in [0.2, 0.25) is 0 Å². The van der Waals surface area contributed by atoms with Crippen LogP contribution in [0.4, 0.5) is 11.4 Å². The van der Waals surface area contributed by atoms with E-state index in [1.807, 2.05) is 51.0 Å². The number of carbonyl (C=O) groups is 1. The van der Waals surface area contributed by atoms with E-state index in [1.54, 1.807) is 16.8 Å². The fraction of sp³-hybridized carbons (Fsp3) is 0.429. The highest BCUT2D eigenvalue weighted by Gasteiger charge is 2.21. The summed E-state index contributed by atoms with van der Waals surface area (Å²) in [5.74, 6) is -0.492. The summed E-state index contributed by atoms with van der Waals surface area (Å²) >= 11 is 0. The molecule has 152 valence electrons. The number of anilines is 2. The van der Waals surface area contributed by atoms with Gasteiger partial charge in [0.05, 0.1) is 31.2 Å². The fourth-order valence-electron chi connectivity index (χ4n) is 2.95. The Hall–Kier alpha value is -2.80. The summed E-state index contributed by atoms with van der Waals surface area (Å²) in [5.41, 5.74) is 2.75. The Kier molecular flexibility index (Phi) is 8.07. The van der Waals surface area contributed by atoms with Crippen molar-refractivity contribution in [3.05, 3.63) is 48.9 Å². The van der Waals surface area contributed by atoms with Crippen LogP contribution in [-0.4, -0.2) is 57.4 Å². The van der Waals surface area contributed by atoms with Crippen LogP contribution < -0.4 is 15.2 Å². The Bertz CT molecular complexity index is 721. The maximum absolute atomic E-state index is 12.5. The molecule has 0 aliphatic carbocycles. The number of quaternary nitrogens is 1. The summed E-state index contributed by atoms with van der Waals surface area (Å²) in [7, 11) is 5.56. The molecule has 0 bridgehead atoms. The van der Waals surface area contributed by atoms with Crippen LogP contribution in [0.25, 0.3) is 0 Å². The topological polar surface area (TPSA) is 65.0 Å². The molecule has 7 nitrogen and oxygen atoms in total. The van der Waals surface area contributed by atoms with E-state index in [1.165, 1.54) is 18.5 Å². The van der Waals surface area contributed by atoms with Gasteiger partial charge in [0, 0.05) is 32.9 Å². The van der Waals surface area contributed by atoms with E-state index in [0.29, 0.717) is 5.70 Å². The highest BCUT2D eigenvalue weighted by Crippen LogP contribution is 2.23. The molecule has 1 fully saturated rings. The third-order valence-corrected chi connectivity index (χ3v) is 4.61. The van der Waals surface area contributed by atoms with Gasteiger partial charge in [0.2, 0.25) is 0 Å². The van der Waals surface area contributed by atoms with Gasteiger partial charge in [-0.2, -0.15) is 5.10 Å². The number of esters is 1. The zero-order valence-corrected chi connectivity index (χ0v) is 17.4. The third-order valence-electron chi connectivity index (χ3n) is 4.61. The molecule has 0 saturated carbocycles. The summed E-state index contributed by atoms with van der Waals surface area (Å²) < 4.78 is 5.18. The minimum Gasteiger partial charge on any atom is -0.461 e. The first-order chi connectivity index (χ1) is 13.5. The van der Waals surface area contributed by atoms with Crippen LogP contribution in [0.5, 0.6) is 0 Å². The molecule has 2 N–H and O–H groups in total. The van der Waals surface area contributed by atoms with E-state index >= 15 is 0 Å². The molecule has 2 rings (SSSR count). The maximum Gasteiger partial charge on any atom is 0.360 e. The highest BCUT2D eigenvalue weighted by atomic mass is 16.5. The highest BCUT2D eigenvalue weighted by molar-refractivity contribution is 6.43. The number of rotatable bonds is 9. The molecule has 0 radical (unpaired) electrons. The summed E-state index contributed by atoms with van der Waals surface area (Å²) in [6.07, 6.45) is 6.18. The third kappa shape index (κ3) is 5.60.